The third kappa shape index (κ3) is 3.69. The highest BCUT2D eigenvalue weighted by molar-refractivity contribution is 5.58. The van der Waals surface area contributed by atoms with Crippen molar-refractivity contribution in [1.82, 2.24) is 5.32 Å². The Kier molecular flexibility index (Phi) is 6.60. The molecule has 0 rings (SSSR count). The molecule has 0 fully saturated rings. The highest BCUT2D eigenvalue weighted by atomic mass is 16.4. The lowest BCUT2D eigenvalue weighted by Gasteiger charge is -2.25. The molecule has 0 bridgehead atoms. The van der Waals surface area contributed by atoms with Crippen molar-refractivity contribution in [3.05, 3.63) is 0 Å². The van der Waals surface area contributed by atoms with Gasteiger partial charge in [-0.05, 0) is 6.54 Å². The summed E-state index contributed by atoms with van der Waals surface area (Å²) in [5, 5.41) is 38.8. The number of aldehydes is 1. The molecule has 0 aromatic rings. The van der Waals surface area contributed by atoms with Crippen LogP contribution in [0.15, 0.2) is 0 Å². The standard InChI is InChI=1S/C8H17NO5/c1-2-9-5(3-10)7(13)8(14)6(12)4-11/h3,5-9,11-14H,2,4H2,1H3/t5-,6+,7+,8+/m0/s1. The third-order valence-electron chi connectivity index (χ3n) is 1.89. The first-order chi connectivity index (χ1) is 6.58. The molecule has 6 nitrogen and oxygen atoms in total. The molecule has 84 valence electrons. The van der Waals surface area contributed by atoms with Crippen LogP contribution in [0, 0.1) is 0 Å². The van der Waals surface area contributed by atoms with Gasteiger partial charge in [0.15, 0.2) is 0 Å². The van der Waals surface area contributed by atoms with Crippen LogP contribution in [0.4, 0.5) is 0 Å². The molecule has 0 unspecified atom stereocenters. The number of aliphatic hydroxyl groups is 4. The van der Waals surface area contributed by atoms with E-state index in [0.29, 0.717) is 12.8 Å². The van der Waals surface area contributed by atoms with Crippen molar-refractivity contribution < 1.29 is 25.2 Å². The zero-order valence-corrected chi connectivity index (χ0v) is 8.00. The zero-order valence-electron chi connectivity index (χ0n) is 8.00. The summed E-state index contributed by atoms with van der Waals surface area (Å²) in [4.78, 5) is 10.5. The topological polar surface area (TPSA) is 110 Å². The molecule has 0 saturated carbocycles. The molecule has 4 atom stereocenters. The van der Waals surface area contributed by atoms with Crippen LogP contribution in [0.1, 0.15) is 6.92 Å². The Balaban J connectivity index is 4.25. The van der Waals surface area contributed by atoms with Gasteiger partial charge in [0, 0.05) is 0 Å². The molecule has 0 aromatic heterocycles. The fraction of sp³-hybridized carbons (Fsp3) is 0.875. The second-order valence-corrected chi connectivity index (χ2v) is 2.95. The van der Waals surface area contributed by atoms with Crippen molar-refractivity contribution in [1.29, 1.82) is 0 Å². The summed E-state index contributed by atoms with van der Waals surface area (Å²) in [6, 6.07) is -0.948. The van der Waals surface area contributed by atoms with E-state index in [1.165, 1.54) is 0 Å². The van der Waals surface area contributed by atoms with E-state index >= 15 is 0 Å². The van der Waals surface area contributed by atoms with Crippen LogP contribution in [0.25, 0.3) is 0 Å². The molecule has 0 amide bonds. The van der Waals surface area contributed by atoms with E-state index in [1.807, 2.05) is 0 Å². The van der Waals surface area contributed by atoms with Crippen LogP contribution < -0.4 is 5.32 Å². The molecular formula is C8H17NO5. The zero-order chi connectivity index (χ0) is 11.1. The number of nitrogens with one attached hydrogen (secondary N) is 1. The van der Waals surface area contributed by atoms with Gasteiger partial charge in [0.25, 0.3) is 0 Å². The van der Waals surface area contributed by atoms with Gasteiger partial charge in [-0.15, -0.1) is 0 Å². The average molecular weight is 207 g/mol. The second kappa shape index (κ2) is 6.86. The lowest BCUT2D eigenvalue weighted by molar-refractivity contribution is -0.120. The van der Waals surface area contributed by atoms with Gasteiger partial charge in [-0.1, -0.05) is 6.92 Å². The minimum absolute atomic E-state index is 0.446. The van der Waals surface area contributed by atoms with E-state index in [9.17, 15) is 15.0 Å². The lowest BCUT2D eigenvalue weighted by atomic mass is 10.0. The molecule has 0 aliphatic rings. The van der Waals surface area contributed by atoms with Crippen molar-refractivity contribution >= 4 is 6.29 Å². The summed E-state index contributed by atoms with van der Waals surface area (Å²) in [5.41, 5.74) is 0. The number of hydrogen-bond donors (Lipinski definition) is 5. The number of likely N-dealkylation sites (N-methyl/N-ethyl adjacent to an activating group) is 1. The summed E-state index contributed by atoms with van der Waals surface area (Å²) in [6.07, 6.45) is -3.99. The van der Waals surface area contributed by atoms with Crippen LogP contribution in [-0.2, 0) is 4.79 Å². The highest BCUT2D eigenvalue weighted by Gasteiger charge is 2.30. The molecule has 0 radical (unpaired) electrons. The van der Waals surface area contributed by atoms with Gasteiger partial charge in [-0.3, -0.25) is 0 Å². The van der Waals surface area contributed by atoms with Crippen LogP contribution in [0.5, 0.6) is 0 Å². The molecular weight excluding hydrogens is 190 g/mol. The monoisotopic (exact) mass is 207 g/mol. The number of rotatable bonds is 7. The summed E-state index contributed by atoms with van der Waals surface area (Å²) >= 11 is 0. The summed E-state index contributed by atoms with van der Waals surface area (Å²) < 4.78 is 0. The van der Waals surface area contributed by atoms with E-state index in [2.05, 4.69) is 5.32 Å². The minimum atomic E-state index is -1.55. The van der Waals surface area contributed by atoms with Crippen LogP contribution in [-0.4, -0.2) is 64.2 Å². The maximum atomic E-state index is 10.5. The van der Waals surface area contributed by atoms with Gasteiger partial charge >= 0.3 is 0 Å². The average Bonchev–Trinajstić information content (AvgIpc) is 2.22. The Morgan fingerprint density at radius 3 is 2.21 bits per heavy atom. The van der Waals surface area contributed by atoms with E-state index < -0.39 is 31.0 Å². The fourth-order valence-electron chi connectivity index (χ4n) is 1.03. The molecule has 0 saturated heterocycles. The maximum Gasteiger partial charge on any atom is 0.139 e. The maximum absolute atomic E-state index is 10.5. The third-order valence-corrected chi connectivity index (χ3v) is 1.89. The van der Waals surface area contributed by atoms with Gasteiger partial charge in [0.2, 0.25) is 0 Å². The van der Waals surface area contributed by atoms with Gasteiger partial charge in [0.05, 0.1) is 12.6 Å². The number of carbonyl (C=O) groups excluding carboxylic acids is 1. The summed E-state index contributed by atoms with van der Waals surface area (Å²) in [7, 11) is 0. The normalized spacial score (nSPS) is 19.8. The van der Waals surface area contributed by atoms with E-state index in [4.69, 9.17) is 10.2 Å². The molecule has 0 aliphatic heterocycles. The first-order valence-corrected chi connectivity index (χ1v) is 4.42. The van der Waals surface area contributed by atoms with Crippen molar-refractivity contribution in [2.75, 3.05) is 13.2 Å². The number of hydrogen-bond acceptors (Lipinski definition) is 6. The molecule has 0 spiro atoms. The largest absolute Gasteiger partial charge is 0.394 e. The first-order valence-electron chi connectivity index (χ1n) is 4.42. The Labute approximate surface area is 82.2 Å². The Hall–Kier alpha value is -0.530. The van der Waals surface area contributed by atoms with Crippen LogP contribution >= 0.6 is 0 Å². The van der Waals surface area contributed by atoms with Crippen molar-refractivity contribution in [2.24, 2.45) is 0 Å². The van der Waals surface area contributed by atoms with Crippen LogP contribution in [0.3, 0.4) is 0 Å². The van der Waals surface area contributed by atoms with Crippen molar-refractivity contribution in [2.45, 2.75) is 31.3 Å². The van der Waals surface area contributed by atoms with Gasteiger partial charge in [-0.2, -0.15) is 0 Å². The summed E-state index contributed by atoms with van der Waals surface area (Å²) in [5.74, 6) is 0. The SMILES string of the molecule is CCN[C@@H](C=O)[C@@H](O)[C@H](O)[C@H](O)CO. The van der Waals surface area contributed by atoms with Gasteiger partial charge in [-0.25, -0.2) is 0 Å². The van der Waals surface area contributed by atoms with Gasteiger partial charge < -0.3 is 30.5 Å². The van der Waals surface area contributed by atoms with E-state index in [0.717, 1.165) is 0 Å². The Bertz CT molecular complexity index is 166. The van der Waals surface area contributed by atoms with Crippen molar-refractivity contribution in [3.63, 3.8) is 0 Å². The first kappa shape index (κ1) is 13.5. The molecule has 0 heterocycles. The highest BCUT2D eigenvalue weighted by Crippen LogP contribution is 2.03. The predicted octanol–water partition coefficient (Wildman–Crippen LogP) is -2.76. The molecule has 14 heavy (non-hydrogen) atoms. The molecule has 6 heteroatoms. The number of carbonyl (C=O) groups is 1. The Morgan fingerprint density at radius 2 is 1.86 bits per heavy atom. The van der Waals surface area contributed by atoms with E-state index in [1.54, 1.807) is 6.92 Å². The summed E-state index contributed by atoms with van der Waals surface area (Å²) in [6.45, 7) is 1.51. The van der Waals surface area contributed by atoms with Gasteiger partial charge in [0.1, 0.15) is 24.6 Å². The molecule has 5 N–H and O–H groups in total. The smallest absolute Gasteiger partial charge is 0.139 e. The van der Waals surface area contributed by atoms with Crippen molar-refractivity contribution in [3.8, 4) is 0 Å². The quantitative estimate of drug-likeness (QED) is 0.289. The Morgan fingerprint density at radius 1 is 1.29 bits per heavy atom. The molecule has 0 aromatic carbocycles. The second-order valence-electron chi connectivity index (χ2n) is 2.95. The molecule has 0 aliphatic carbocycles. The number of aliphatic hydroxyl groups excluding tert-OH is 4. The van der Waals surface area contributed by atoms with E-state index in [-0.39, 0.29) is 0 Å². The lowest BCUT2D eigenvalue weighted by Crippen LogP contribution is -2.51. The van der Waals surface area contributed by atoms with Crippen LogP contribution in [0.2, 0.25) is 0 Å². The fourth-order valence-corrected chi connectivity index (χ4v) is 1.03. The predicted molar refractivity (Wildman–Crippen MR) is 48.6 cm³/mol. The minimum Gasteiger partial charge on any atom is -0.394 e.